The summed E-state index contributed by atoms with van der Waals surface area (Å²) in [5.41, 5.74) is 2.89. The summed E-state index contributed by atoms with van der Waals surface area (Å²) in [4.78, 5) is 38.9. The molecular weight excluding hydrogens is 476 g/mol. The molecule has 1 unspecified atom stereocenters. The van der Waals surface area contributed by atoms with Crippen LogP contribution < -0.4 is 16.0 Å². The lowest BCUT2D eigenvalue weighted by Gasteiger charge is -2.35. The minimum absolute atomic E-state index is 0.266. The van der Waals surface area contributed by atoms with Gasteiger partial charge in [0.1, 0.15) is 0 Å². The van der Waals surface area contributed by atoms with Crippen molar-refractivity contribution in [1.29, 1.82) is 0 Å². The van der Waals surface area contributed by atoms with Crippen LogP contribution >= 0.6 is 15.9 Å². The molecule has 0 saturated carbocycles. The van der Waals surface area contributed by atoms with E-state index in [4.69, 9.17) is 4.74 Å². The maximum Gasteiger partial charge on any atom is 0.337 e. The van der Waals surface area contributed by atoms with Crippen molar-refractivity contribution in [1.82, 2.24) is 10.2 Å². The molecular formula is C23H25BrN4O4. The van der Waals surface area contributed by atoms with Gasteiger partial charge in [0.15, 0.2) is 0 Å². The van der Waals surface area contributed by atoms with Gasteiger partial charge in [-0.2, -0.15) is 0 Å². The quantitative estimate of drug-likeness (QED) is 0.485. The zero-order chi connectivity index (χ0) is 23.3. The summed E-state index contributed by atoms with van der Waals surface area (Å²) >= 11 is 3.35. The largest absolute Gasteiger partial charge is 0.466 e. The summed E-state index contributed by atoms with van der Waals surface area (Å²) in [5.74, 6) is -0.496. The standard InChI is InChI=1S/C23H25BrN4O4/c1-4-13-28-14(2)19(21(29)32-3)20(27-23(28)31)15-5-9-17(10-6-15)25-22(30)26-18-11-7-16(24)8-12-18/h5-12,20H,4,13H2,1-3H3,(H,27,31)(H2,25,26,30). The molecule has 1 aliphatic heterocycles. The van der Waals surface area contributed by atoms with E-state index in [0.717, 1.165) is 10.9 Å². The molecule has 1 heterocycles. The summed E-state index contributed by atoms with van der Waals surface area (Å²) in [6, 6.07) is 12.9. The smallest absolute Gasteiger partial charge is 0.337 e. The molecule has 8 nitrogen and oxygen atoms in total. The van der Waals surface area contributed by atoms with E-state index < -0.39 is 12.0 Å². The van der Waals surface area contributed by atoms with Gasteiger partial charge >= 0.3 is 18.0 Å². The maximum absolute atomic E-state index is 12.6. The monoisotopic (exact) mass is 500 g/mol. The van der Waals surface area contributed by atoms with Crippen molar-refractivity contribution < 1.29 is 19.1 Å². The lowest BCUT2D eigenvalue weighted by molar-refractivity contribution is -0.136. The van der Waals surface area contributed by atoms with E-state index in [2.05, 4.69) is 31.9 Å². The van der Waals surface area contributed by atoms with Crippen molar-refractivity contribution in [3.05, 3.63) is 69.8 Å². The second kappa shape index (κ2) is 10.3. The number of hydrogen-bond donors (Lipinski definition) is 3. The number of halogens is 1. The summed E-state index contributed by atoms with van der Waals surface area (Å²) in [5, 5.41) is 8.40. The number of nitrogens with zero attached hydrogens (tertiary/aromatic N) is 1. The van der Waals surface area contributed by atoms with Crippen molar-refractivity contribution in [3.8, 4) is 0 Å². The van der Waals surface area contributed by atoms with Gasteiger partial charge in [0.25, 0.3) is 0 Å². The fourth-order valence-corrected chi connectivity index (χ4v) is 3.75. The van der Waals surface area contributed by atoms with Crippen molar-refractivity contribution in [2.45, 2.75) is 26.3 Å². The van der Waals surface area contributed by atoms with Crippen molar-refractivity contribution in [2.24, 2.45) is 0 Å². The first-order valence-electron chi connectivity index (χ1n) is 10.1. The number of carbonyl (C=O) groups is 3. The molecule has 0 bridgehead atoms. The van der Waals surface area contributed by atoms with Crippen LogP contribution in [-0.2, 0) is 9.53 Å². The number of nitrogens with one attached hydrogen (secondary N) is 3. The molecule has 2 aromatic carbocycles. The summed E-state index contributed by atoms with van der Waals surface area (Å²) < 4.78 is 5.89. The van der Waals surface area contributed by atoms with E-state index in [1.807, 2.05) is 19.1 Å². The molecule has 168 valence electrons. The molecule has 0 spiro atoms. The van der Waals surface area contributed by atoms with Crippen LogP contribution in [0.25, 0.3) is 0 Å². The third-order valence-corrected chi connectivity index (χ3v) is 5.58. The number of methoxy groups -OCH3 is 1. The maximum atomic E-state index is 12.6. The molecule has 0 radical (unpaired) electrons. The molecule has 32 heavy (non-hydrogen) atoms. The molecule has 2 aromatic rings. The minimum Gasteiger partial charge on any atom is -0.466 e. The Kier molecular flexibility index (Phi) is 7.53. The lowest BCUT2D eigenvalue weighted by atomic mass is 9.94. The third-order valence-electron chi connectivity index (χ3n) is 5.05. The SMILES string of the molecule is CCCN1C(=O)NC(c2ccc(NC(=O)Nc3ccc(Br)cc3)cc2)C(C(=O)OC)=C1C. The average molecular weight is 501 g/mol. The van der Waals surface area contributed by atoms with Crippen LogP contribution in [0.3, 0.4) is 0 Å². The molecule has 9 heteroatoms. The Hall–Kier alpha value is -3.33. The van der Waals surface area contributed by atoms with Crippen LogP contribution in [0.15, 0.2) is 64.3 Å². The molecule has 3 rings (SSSR count). The van der Waals surface area contributed by atoms with E-state index in [1.165, 1.54) is 7.11 Å². The first-order valence-corrected chi connectivity index (χ1v) is 10.9. The Bertz CT molecular complexity index is 1030. The zero-order valence-corrected chi connectivity index (χ0v) is 19.7. The number of hydrogen-bond acceptors (Lipinski definition) is 4. The van der Waals surface area contributed by atoms with Gasteiger partial charge in [-0.05, 0) is 55.3 Å². The van der Waals surface area contributed by atoms with Gasteiger partial charge in [-0.1, -0.05) is 35.0 Å². The highest BCUT2D eigenvalue weighted by atomic mass is 79.9. The lowest BCUT2D eigenvalue weighted by Crippen LogP contribution is -2.48. The molecule has 0 saturated heterocycles. The number of esters is 1. The van der Waals surface area contributed by atoms with Gasteiger partial charge in [0.2, 0.25) is 0 Å². The molecule has 0 aliphatic carbocycles. The zero-order valence-electron chi connectivity index (χ0n) is 18.1. The topological polar surface area (TPSA) is 99.8 Å². The Morgan fingerprint density at radius 3 is 2.16 bits per heavy atom. The fraction of sp³-hybridized carbons (Fsp3) is 0.261. The van der Waals surface area contributed by atoms with E-state index in [-0.39, 0.29) is 12.1 Å². The Morgan fingerprint density at radius 2 is 1.62 bits per heavy atom. The predicted octanol–water partition coefficient (Wildman–Crippen LogP) is 5.02. The molecule has 1 atom stereocenters. The fourth-order valence-electron chi connectivity index (χ4n) is 3.48. The predicted molar refractivity (Wildman–Crippen MR) is 126 cm³/mol. The average Bonchev–Trinajstić information content (AvgIpc) is 2.78. The van der Waals surface area contributed by atoms with E-state index in [0.29, 0.717) is 34.8 Å². The minimum atomic E-state index is -0.645. The Morgan fingerprint density at radius 1 is 1.06 bits per heavy atom. The van der Waals surface area contributed by atoms with Gasteiger partial charge in [-0.25, -0.2) is 14.4 Å². The van der Waals surface area contributed by atoms with Gasteiger partial charge in [0.05, 0.1) is 18.7 Å². The number of anilines is 2. The van der Waals surface area contributed by atoms with Crippen LogP contribution in [0.1, 0.15) is 31.9 Å². The summed E-state index contributed by atoms with van der Waals surface area (Å²) in [7, 11) is 1.32. The molecule has 3 N–H and O–H groups in total. The Labute approximate surface area is 195 Å². The second-order valence-electron chi connectivity index (χ2n) is 7.23. The highest BCUT2D eigenvalue weighted by Gasteiger charge is 2.35. The number of carbonyl (C=O) groups excluding carboxylic acids is 3. The molecule has 4 amide bonds. The Balaban J connectivity index is 1.77. The highest BCUT2D eigenvalue weighted by Crippen LogP contribution is 2.32. The van der Waals surface area contributed by atoms with Crippen molar-refractivity contribution in [3.63, 3.8) is 0 Å². The summed E-state index contributed by atoms with van der Waals surface area (Å²) in [6.45, 7) is 4.21. The first kappa shape index (κ1) is 23.3. The first-order chi connectivity index (χ1) is 15.3. The van der Waals surface area contributed by atoms with E-state index in [9.17, 15) is 14.4 Å². The van der Waals surface area contributed by atoms with Crippen LogP contribution in [0.2, 0.25) is 0 Å². The van der Waals surface area contributed by atoms with Crippen molar-refractivity contribution in [2.75, 3.05) is 24.3 Å². The normalized spacial score (nSPS) is 15.8. The van der Waals surface area contributed by atoms with Crippen molar-refractivity contribution >= 4 is 45.3 Å². The summed E-state index contributed by atoms with van der Waals surface area (Å²) in [6.07, 6.45) is 0.757. The number of amides is 4. The van der Waals surface area contributed by atoms with E-state index in [1.54, 1.807) is 48.2 Å². The van der Waals surface area contributed by atoms with Gasteiger partial charge in [-0.3, -0.25) is 4.90 Å². The molecule has 0 aromatic heterocycles. The number of rotatable bonds is 6. The third kappa shape index (κ3) is 5.28. The van der Waals surface area contributed by atoms with Crippen LogP contribution in [0, 0.1) is 0 Å². The second-order valence-corrected chi connectivity index (χ2v) is 8.15. The highest BCUT2D eigenvalue weighted by molar-refractivity contribution is 9.10. The van der Waals surface area contributed by atoms with E-state index >= 15 is 0 Å². The number of benzene rings is 2. The number of ether oxygens (including phenoxy) is 1. The van der Waals surface area contributed by atoms with Crippen LogP contribution in [0.5, 0.6) is 0 Å². The molecule has 1 aliphatic rings. The van der Waals surface area contributed by atoms with Gasteiger partial charge < -0.3 is 20.7 Å². The molecule has 0 fully saturated rings. The van der Waals surface area contributed by atoms with Crippen LogP contribution in [0.4, 0.5) is 21.0 Å². The van der Waals surface area contributed by atoms with Crippen LogP contribution in [-0.4, -0.2) is 36.6 Å². The van der Waals surface area contributed by atoms with Gasteiger partial charge in [-0.15, -0.1) is 0 Å². The number of urea groups is 2. The van der Waals surface area contributed by atoms with Gasteiger partial charge in [0, 0.05) is 28.1 Å². The number of allylic oxidation sites excluding steroid dienone is 1.